The van der Waals surface area contributed by atoms with E-state index in [4.69, 9.17) is 9.62 Å². The van der Waals surface area contributed by atoms with Crippen LogP contribution in [0, 0.1) is 12.8 Å². The lowest BCUT2D eigenvalue weighted by Crippen LogP contribution is -2.32. The molecular formula is C20H19NO4. The van der Waals surface area contributed by atoms with Crippen molar-refractivity contribution in [2.45, 2.75) is 19.8 Å². The Labute approximate surface area is 144 Å². The predicted molar refractivity (Wildman–Crippen MR) is 94.5 cm³/mol. The van der Waals surface area contributed by atoms with E-state index >= 15 is 0 Å². The summed E-state index contributed by atoms with van der Waals surface area (Å²) in [6.45, 7) is 1.96. The van der Waals surface area contributed by atoms with E-state index in [1.165, 1.54) is 0 Å². The highest BCUT2D eigenvalue weighted by Gasteiger charge is 2.21. The van der Waals surface area contributed by atoms with Gasteiger partial charge < -0.3 is 4.42 Å². The topological polar surface area (TPSA) is 79.5 Å². The SMILES string of the molecule is Cc1ccc2oc(=O)c(CC(Cc3ccccc3)C(=O)NO)cc2c1. The molecule has 3 rings (SSSR count). The number of nitrogens with one attached hydrogen (secondary N) is 1. The van der Waals surface area contributed by atoms with E-state index in [9.17, 15) is 9.59 Å². The maximum atomic E-state index is 12.3. The van der Waals surface area contributed by atoms with Crippen LogP contribution < -0.4 is 11.1 Å². The van der Waals surface area contributed by atoms with Crippen molar-refractivity contribution in [3.63, 3.8) is 0 Å². The average molecular weight is 337 g/mol. The van der Waals surface area contributed by atoms with Crippen LogP contribution in [0.25, 0.3) is 11.0 Å². The number of hydrogen-bond donors (Lipinski definition) is 2. The maximum absolute atomic E-state index is 12.3. The van der Waals surface area contributed by atoms with Crippen LogP contribution in [0.15, 0.2) is 63.8 Å². The van der Waals surface area contributed by atoms with Gasteiger partial charge in [-0.05, 0) is 43.5 Å². The summed E-state index contributed by atoms with van der Waals surface area (Å²) in [6.07, 6.45) is 0.603. The molecule has 0 spiro atoms. The summed E-state index contributed by atoms with van der Waals surface area (Å²) in [6, 6.07) is 16.8. The number of hydroxylamine groups is 1. The molecular weight excluding hydrogens is 318 g/mol. The first kappa shape index (κ1) is 16.9. The van der Waals surface area contributed by atoms with Crippen molar-refractivity contribution in [3.05, 3.63) is 81.7 Å². The lowest BCUT2D eigenvalue weighted by Gasteiger charge is -2.14. The van der Waals surface area contributed by atoms with Gasteiger partial charge in [0.1, 0.15) is 5.58 Å². The Morgan fingerprint density at radius 3 is 2.60 bits per heavy atom. The number of aryl methyl sites for hydroxylation is 1. The van der Waals surface area contributed by atoms with E-state index in [1.807, 2.05) is 49.4 Å². The Kier molecular flexibility index (Phi) is 4.95. The monoisotopic (exact) mass is 337 g/mol. The fourth-order valence-electron chi connectivity index (χ4n) is 2.94. The number of carbonyl (C=O) groups excluding carboxylic acids is 1. The van der Waals surface area contributed by atoms with E-state index in [0.717, 1.165) is 16.5 Å². The predicted octanol–water partition coefficient (Wildman–Crippen LogP) is 3.01. The molecule has 128 valence electrons. The molecule has 0 aliphatic carbocycles. The normalized spacial score (nSPS) is 12.1. The number of benzene rings is 2. The van der Waals surface area contributed by atoms with Crippen LogP contribution in [-0.2, 0) is 17.6 Å². The average Bonchev–Trinajstić information content (AvgIpc) is 2.62. The van der Waals surface area contributed by atoms with Crippen LogP contribution in [0.2, 0.25) is 0 Å². The van der Waals surface area contributed by atoms with Gasteiger partial charge in [-0.1, -0.05) is 42.0 Å². The van der Waals surface area contributed by atoms with E-state index < -0.39 is 17.5 Å². The second kappa shape index (κ2) is 7.32. The first-order chi connectivity index (χ1) is 12.1. The highest BCUT2D eigenvalue weighted by atomic mass is 16.5. The fraction of sp³-hybridized carbons (Fsp3) is 0.200. The van der Waals surface area contributed by atoms with E-state index in [2.05, 4.69) is 0 Å². The Balaban J connectivity index is 1.93. The van der Waals surface area contributed by atoms with Gasteiger partial charge in [0.25, 0.3) is 0 Å². The number of fused-ring (bicyclic) bond motifs is 1. The Bertz CT molecular complexity index is 947. The molecule has 1 aromatic heterocycles. The van der Waals surface area contributed by atoms with Crippen LogP contribution in [0.3, 0.4) is 0 Å². The Hall–Kier alpha value is -2.92. The van der Waals surface area contributed by atoms with Crippen molar-refractivity contribution >= 4 is 16.9 Å². The lowest BCUT2D eigenvalue weighted by molar-refractivity contribution is -0.133. The number of hydrogen-bond acceptors (Lipinski definition) is 4. The first-order valence-electron chi connectivity index (χ1n) is 8.08. The van der Waals surface area contributed by atoms with Crippen molar-refractivity contribution in [2.75, 3.05) is 0 Å². The second-order valence-corrected chi connectivity index (χ2v) is 6.17. The summed E-state index contributed by atoms with van der Waals surface area (Å²) in [5, 5.41) is 9.85. The summed E-state index contributed by atoms with van der Waals surface area (Å²) >= 11 is 0. The molecule has 0 fully saturated rings. The zero-order valence-corrected chi connectivity index (χ0v) is 13.9. The first-order valence-corrected chi connectivity index (χ1v) is 8.08. The van der Waals surface area contributed by atoms with Gasteiger partial charge in [0.15, 0.2) is 0 Å². The molecule has 2 N–H and O–H groups in total. The minimum atomic E-state index is -0.572. The smallest absolute Gasteiger partial charge is 0.339 e. The van der Waals surface area contributed by atoms with Crippen molar-refractivity contribution in [3.8, 4) is 0 Å². The van der Waals surface area contributed by atoms with E-state index in [-0.39, 0.29) is 6.42 Å². The highest BCUT2D eigenvalue weighted by Crippen LogP contribution is 2.19. The minimum Gasteiger partial charge on any atom is -0.423 e. The van der Waals surface area contributed by atoms with Crippen molar-refractivity contribution in [1.82, 2.24) is 5.48 Å². The van der Waals surface area contributed by atoms with Gasteiger partial charge in [-0.25, -0.2) is 10.3 Å². The van der Waals surface area contributed by atoms with Crippen LogP contribution in [0.5, 0.6) is 0 Å². The summed E-state index contributed by atoms with van der Waals surface area (Å²) in [5.74, 6) is -1.09. The summed E-state index contributed by atoms with van der Waals surface area (Å²) in [4.78, 5) is 24.3. The Morgan fingerprint density at radius 1 is 1.12 bits per heavy atom. The third kappa shape index (κ3) is 3.95. The molecule has 0 aliphatic heterocycles. The molecule has 3 aromatic rings. The molecule has 1 atom stereocenters. The zero-order chi connectivity index (χ0) is 17.8. The molecule has 2 aromatic carbocycles. The van der Waals surface area contributed by atoms with Gasteiger partial charge >= 0.3 is 5.63 Å². The maximum Gasteiger partial charge on any atom is 0.339 e. The van der Waals surface area contributed by atoms with Gasteiger partial charge in [-0.3, -0.25) is 10.0 Å². The minimum absolute atomic E-state index is 0.188. The summed E-state index contributed by atoms with van der Waals surface area (Å²) < 4.78 is 5.36. The molecule has 0 bridgehead atoms. The van der Waals surface area contributed by atoms with Crippen LogP contribution in [0.4, 0.5) is 0 Å². The molecule has 0 aliphatic rings. The molecule has 0 radical (unpaired) electrons. The third-order valence-corrected chi connectivity index (χ3v) is 4.23. The van der Waals surface area contributed by atoms with Crippen LogP contribution >= 0.6 is 0 Å². The van der Waals surface area contributed by atoms with E-state index in [0.29, 0.717) is 17.6 Å². The quantitative estimate of drug-likeness (QED) is 0.426. The van der Waals surface area contributed by atoms with Gasteiger partial charge in [-0.15, -0.1) is 0 Å². The lowest BCUT2D eigenvalue weighted by atomic mass is 9.92. The van der Waals surface area contributed by atoms with Crippen LogP contribution in [-0.4, -0.2) is 11.1 Å². The van der Waals surface area contributed by atoms with Crippen molar-refractivity contribution in [2.24, 2.45) is 5.92 Å². The summed E-state index contributed by atoms with van der Waals surface area (Å²) in [5.41, 5.74) is 4.19. The second-order valence-electron chi connectivity index (χ2n) is 6.17. The number of amides is 1. The van der Waals surface area contributed by atoms with E-state index in [1.54, 1.807) is 17.6 Å². The summed E-state index contributed by atoms with van der Waals surface area (Å²) in [7, 11) is 0. The molecule has 25 heavy (non-hydrogen) atoms. The van der Waals surface area contributed by atoms with Crippen molar-refractivity contribution in [1.29, 1.82) is 0 Å². The molecule has 0 saturated carbocycles. The number of rotatable bonds is 5. The number of carbonyl (C=O) groups is 1. The molecule has 1 heterocycles. The van der Waals surface area contributed by atoms with Gasteiger partial charge in [-0.2, -0.15) is 0 Å². The zero-order valence-electron chi connectivity index (χ0n) is 13.9. The fourth-order valence-corrected chi connectivity index (χ4v) is 2.94. The third-order valence-electron chi connectivity index (χ3n) is 4.23. The largest absolute Gasteiger partial charge is 0.423 e. The molecule has 5 heteroatoms. The van der Waals surface area contributed by atoms with Crippen molar-refractivity contribution < 1.29 is 14.4 Å². The standard InChI is InChI=1S/C20H19NO4/c1-13-7-8-18-15(9-13)11-17(20(23)25-18)12-16(19(22)21-24)10-14-5-3-2-4-6-14/h2-9,11,16,24H,10,12H2,1H3,(H,21,22). The van der Waals surface area contributed by atoms with Crippen LogP contribution in [0.1, 0.15) is 16.7 Å². The Morgan fingerprint density at radius 2 is 1.88 bits per heavy atom. The molecule has 1 amide bonds. The molecule has 5 nitrogen and oxygen atoms in total. The molecule has 1 unspecified atom stereocenters. The van der Waals surface area contributed by atoms with Gasteiger partial charge in [0, 0.05) is 16.9 Å². The molecule has 0 saturated heterocycles. The van der Waals surface area contributed by atoms with Gasteiger partial charge in [0.2, 0.25) is 5.91 Å². The highest BCUT2D eigenvalue weighted by molar-refractivity contribution is 5.79. The van der Waals surface area contributed by atoms with Gasteiger partial charge in [0.05, 0.1) is 0 Å².